The molecule has 1 aromatic carbocycles. The third-order valence-corrected chi connectivity index (χ3v) is 4.81. The van der Waals surface area contributed by atoms with Crippen LogP contribution >= 0.6 is 34.7 Å². The topological polar surface area (TPSA) is 29.1 Å². The number of amides is 1. The van der Waals surface area contributed by atoms with Crippen molar-refractivity contribution in [1.82, 2.24) is 0 Å². The van der Waals surface area contributed by atoms with Crippen LogP contribution < -0.4 is 5.32 Å². The molecule has 0 saturated carbocycles. The van der Waals surface area contributed by atoms with Gasteiger partial charge in [-0.05, 0) is 36.1 Å². The minimum Gasteiger partial charge on any atom is -0.325 e. The molecule has 0 aliphatic heterocycles. The van der Waals surface area contributed by atoms with E-state index in [0.29, 0.717) is 10.8 Å². The van der Waals surface area contributed by atoms with Gasteiger partial charge < -0.3 is 5.32 Å². The van der Waals surface area contributed by atoms with Crippen LogP contribution in [-0.4, -0.2) is 11.7 Å². The zero-order chi connectivity index (χ0) is 13.7. The molecule has 2 rings (SSSR count). The first-order valence-corrected chi connectivity index (χ1v) is 8.22. The lowest BCUT2D eigenvalue weighted by Gasteiger charge is -2.08. The first-order valence-electron chi connectivity index (χ1n) is 5.81. The molecule has 0 aliphatic carbocycles. The number of halogens is 1. The smallest absolute Gasteiger partial charge is 0.234 e. The maximum absolute atomic E-state index is 11.8. The molecule has 0 spiro atoms. The van der Waals surface area contributed by atoms with E-state index >= 15 is 0 Å². The van der Waals surface area contributed by atoms with Gasteiger partial charge in [-0.3, -0.25) is 4.79 Å². The molecule has 1 N–H and O–H groups in total. The average molecular weight is 312 g/mol. The number of carbonyl (C=O) groups excluding carboxylic acids is 1. The molecule has 0 bridgehead atoms. The van der Waals surface area contributed by atoms with E-state index in [1.165, 1.54) is 4.88 Å². The molecule has 0 aliphatic rings. The van der Waals surface area contributed by atoms with Crippen LogP contribution in [0.4, 0.5) is 5.69 Å². The number of benzene rings is 1. The second-order valence-electron chi connectivity index (χ2n) is 4.08. The van der Waals surface area contributed by atoms with Gasteiger partial charge >= 0.3 is 0 Å². The van der Waals surface area contributed by atoms with Gasteiger partial charge in [-0.15, -0.1) is 23.1 Å². The van der Waals surface area contributed by atoms with Gasteiger partial charge in [-0.2, -0.15) is 0 Å². The fourth-order valence-corrected chi connectivity index (χ4v) is 3.39. The number of carbonyl (C=O) groups is 1. The summed E-state index contributed by atoms with van der Waals surface area (Å²) in [6.07, 6.45) is 0. The Kier molecular flexibility index (Phi) is 5.31. The average Bonchev–Trinajstić information content (AvgIpc) is 2.87. The van der Waals surface area contributed by atoms with Gasteiger partial charge in [0.15, 0.2) is 0 Å². The Morgan fingerprint density at radius 3 is 3.00 bits per heavy atom. The normalized spacial score (nSPS) is 10.4. The molecule has 19 heavy (non-hydrogen) atoms. The molecule has 0 unspecified atom stereocenters. The van der Waals surface area contributed by atoms with Crippen LogP contribution in [0.5, 0.6) is 0 Å². The van der Waals surface area contributed by atoms with Crippen LogP contribution in [0.1, 0.15) is 10.4 Å². The van der Waals surface area contributed by atoms with Crippen molar-refractivity contribution in [2.45, 2.75) is 12.7 Å². The van der Waals surface area contributed by atoms with Crippen molar-refractivity contribution in [3.8, 4) is 0 Å². The minimum atomic E-state index is 0.00641. The van der Waals surface area contributed by atoms with Crippen molar-refractivity contribution < 1.29 is 4.79 Å². The number of nitrogens with one attached hydrogen (secondary N) is 1. The van der Waals surface area contributed by atoms with Gasteiger partial charge in [0.1, 0.15) is 0 Å². The fourth-order valence-electron chi connectivity index (χ4n) is 1.55. The van der Waals surface area contributed by atoms with Crippen molar-refractivity contribution in [2.24, 2.45) is 0 Å². The lowest BCUT2D eigenvalue weighted by molar-refractivity contribution is -0.113. The zero-order valence-corrected chi connectivity index (χ0v) is 12.9. The molecule has 2 aromatic rings. The second-order valence-corrected chi connectivity index (χ2v) is 6.53. The van der Waals surface area contributed by atoms with E-state index in [0.717, 1.165) is 17.0 Å². The SMILES string of the molecule is Cc1ccc(Cl)cc1NC(=O)CSCc1cccs1. The summed E-state index contributed by atoms with van der Waals surface area (Å²) >= 11 is 9.24. The Morgan fingerprint density at radius 2 is 2.26 bits per heavy atom. The van der Waals surface area contributed by atoms with Crippen LogP contribution in [0.3, 0.4) is 0 Å². The number of hydrogen-bond donors (Lipinski definition) is 1. The molecule has 2 nitrogen and oxygen atoms in total. The maximum atomic E-state index is 11.8. The summed E-state index contributed by atoms with van der Waals surface area (Å²) in [5.41, 5.74) is 1.80. The number of hydrogen-bond acceptors (Lipinski definition) is 3. The number of anilines is 1. The monoisotopic (exact) mass is 311 g/mol. The standard InChI is InChI=1S/C14H14ClNOS2/c1-10-4-5-11(15)7-13(10)16-14(17)9-18-8-12-3-2-6-19-12/h2-7H,8-9H2,1H3,(H,16,17). The quantitative estimate of drug-likeness (QED) is 0.875. The summed E-state index contributed by atoms with van der Waals surface area (Å²) in [7, 11) is 0. The van der Waals surface area contributed by atoms with E-state index in [1.807, 2.05) is 30.5 Å². The molecular weight excluding hydrogens is 298 g/mol. The summed E-state index contributed by atoms with van der Waals surface area (Å²) in [6, 6.07) is 9.60. The van der Waals surface area contributed by atoms with Crippen LogP contribution in [-0.2, 0) is 10.5 Å². The highest BCUT2D eigenvalue weighted by Gasteiger charge is 2.06. The summed E-state index contributed by atoms with van der Waals surface area (Å²) < 4.78 is 0. The van der Waals surface area contributed by atoms with Crippen LogP contribution in [0.2, 0.25) is 5.02 Å². The highest BCUT2D eigenvalue weighted by Crippen LogP contribution is 2.21. The van der Waals surface area contributed by atoms with E-state index in [4.69, 9.17) is 11.6 Å². The predicted octanol–water partition coefficient (Wildman–Crippen LogP) is 4.58. The van der Waals surface area contributed by atoms with Crippen LogP contribution in [0.25, 0.3) is 0 Å². The Labute approximate surface area is 126 Å². The number of rotatable bonds is 5. The Bertz CT molecular complexity index is 555. The molecule has 5 heteroatoms. The van der Waals surface area contributed by atoms with Gasteiger partial charge in [0, 0.05) is 21.3 Å². The Balaban J connectivity index is 1.82. The molecule has 1 amide bonds. The molecule has 0 fully saturated rings. The van der Waals surface area contributed by atoms with Gasteiger partial charge in [-0.1, -0.05) is 23.7 Å². The third-order valence-electron chi connectivity index (χ3n) is 2.53. The van der Waals surface area contributed by atoms with Crippen molar-refractivity contribution in [2.75, 3.05) is 11.1 Å². The largest absolute Gasteiger partial charge is 0.325 e. The van der Waals surface area contributed by atoms with Gasteiger partial charge in [0.05, 0.1) is 5.75 Å². The van der Waals surface area contributed by atoms with Crippen LogP contribution in [0, 0.1) is 6.92 Å². The van der Waals surface area contributed by atoms with Crippen molar-refractivity contribution >= 4 is 46.3 Å². The molecule has 0 saturated heterocycles. The zero-order valence-electron chi connectivity index (χ0n) is 10.5. The lowest BCUT2D eigenvalue weighted by Crippen LogP contribution is -2.14. The van der Waals surface area contributed by atoms with Crippen molar-refractivity contribution in [1.29, 1.82) is 0 Å². The minimum absolute atomic E-state index is 0.00641. The lowest BCUT2D eigenvalue weighted by atomic mass is 10.2. The molecule has 0 radical (unpaired) electrons. The van der Waals surface area contributed by atoms with Gasteiger partial charge in [0.2, 0.25) is 5.91 Å². The van der Waals surface area contributed by atoms with E-state index in [9.17, 15) is 4.79 Å². The first-order chi connectivity index (χ1) is 9.15. The maximum Gasteiger partial charge on any atom is 0.234 e. The van der Waals surface area contributed by atoms with E-state index in [-0.39, 0.29) is 5.91 Å². The highest BCUT2D eigenvalue weighted by atomic mass is 35.5. The molecule has 100 valence electrons. The third kappa shape index (κ3) is 4.56. The number of thioether (sulfide) groups is 1. The summed E-state index contributed by atoms with van der Waals surface area (Å²) in [4.78, 5) is 13.1. The van der Waals surface area contributed by atoms with E-state index in [1.54, 1.807) is 29.2 Å². The molecule has 0 atom stereocenters. The van der Waals surface area contributed by atoms with E-state index < -0.39 is 0 Å². The van der Waals surface area contributed by atoms with Crippen molar-refractivity contribution in [3.05, 3.63) is 51.2 Å². The summed E-state index contributed by atoms with van der Waals surface area (Å²) in [5, 5.41) is 5.57. The van der Waals surface area contributed by atoms with E-state index in [2.05, 4.69) is 11.4 Å². The molecule has 1 aromatic heterocycles. The van der Waals surface area contributed by atoms with Gasteiger partial charge in [0.25, 0.3) is 0 Å². The van der Waals surface area contributed by atoms with Crippen LogP contribution in [0.15, 0.2) is 35.7 Å². The number of thiophene rings is 1. The van der Waals surface area contributed by atoms with Gasteiger partial charge in [-0.25, -0.2) is 0 Å². The summed E-state index contributed by atoms with van der Waals surface area (Å²) in [6.45, 7) is 1.95. The fraction of sp³-hybridized carbons (Fsp3) is 0.214. The number of aryl methyl sites for hydroxylation is 1. The highest BCUT2D eigenvalue weighted by molar-refractivity contribution is 7.99. The second kappa shape index (κ2) is 6.98. The Morgan fingerprint density at radius 1 is 1.42 bits per heavy atom. The summed E-state index contributed by atoms with van der Waals surface area (Å²) in [5.74, 6) is 1.33. The molecule has 1 heterocycles. The first kappa shape index (κ1) is 14.4. The molecular formula is C14H14ClNOS2. The Hall–Kier alpha value is -0.970. The predicted molar refractivity (Wildman–Crippen MR) is 85.3 cm³/mol. The van der Waals surface area contributed by atoms with Crippen molar-refractivity contribution in [3.63, 3.8) is 0 Å².